The Hall–Kier alpha value is -1.79. The zero-order valence-corrected chi connectivity index (χ0v) is 9.66. The van der Waals surface area contributed by atoms with Crippen LogP contribution in [0.1, 0.15) is 18.1 Å². The highest BCUT2D eigenvalue weighted by Gasteiger charge is 2.01. The Balaban J connectivity index is 2.76. The summed E-state index contributed by atoms with van der Waals surface area (Å²) in [6, 6.07) is 7.68. The van der Waals surface area contributed by atoms with E-state index in [9.17, 15) is 0 Å². The molecule has 0 spiro atoms. The summed E-state index contributed by atoms with van der Waals surface area (Å²) < 4.78 is 5.08. The molecule has 1 aromatic rings. The lowest BCUT2D eigenvalue weighted by Gasteiger charge is -2.02. The molecule has 0 radical (unpaired) electrons. The SMILES string of the molecule is CCNCC=Cc1ccc(OC)c(C#N)c1. The van der Waals surface area contributed by atoms with Crippen molar-refractivity contribution in [1.82, 2.24) is 5.32 Å². The topological polar surface area (TPSA) is 45.0 Å². The number of benzene rings is 1. The van der Waals surface area contributed by atoms with Gasteiger partial charge in [0.25, 0.3) is 0 Å². The van der Waals surface area contributed by atoms with Gasteiger partial charge in [-0.3, -0.25) is 0 Å². The van der Waals surface area contributed by atoms with Crippen LogP contribution < -0.4 is 10.1 Å². The molecular formula is C13H16N2O. The molecule has 16 heavy (non-hydrogen) atoms. The van der Waals surface area contributed by atoms with Crippen LogP contribution >= 0.6 is 0 Å². The minimum atomic E-state index is 0.563. The Kier molecular flexibility index (Phi) is 5.10. The van der Waals surface area contributed by atoms with Crippen LogP contribution in [0, 0.1) is 11.3 Å². The van der Waals surface area contributed by atoms with Gasteiger partial charge < -0.3 is 10.1 Å². The number of methoxy groups -OCH3 is 1. The van der Waals surface area contributed by atoms with Crippen LogP contribution in [0.15, 0.2) is 24.3 Å². The molecule has 0 unspecified atom stereocenters. The first-order valence-electron chi connectivity index (χ1n) is 5.27. The van der Waals surface area contributed by atoms with E-state index in [0.717, 1.165) is 18.7 Å². The second kappa shape index (κ2) is 6.65. The Morgan fingerprint density at radius 1 is 1.50 bits per heavy atom. The number of hydrogen-bond donors (Lipinski definition) is 1. The van der Waals surface area contributed by atoms with Gasteiger partial charge in [-0.05, 0) is 24.2 Å². The van der Waals surface area contributed by atoms with Crippen molar-refractivity contribution in [1.29, 1.82) is 5.26 Å². The van der Waals surface area contributed by atoms with Crippen molar-refractivity contribution in [2.24, 2.45) is 0 Å². The molecule has 0 aromatic heterocycles. The van der Waals surface area contributed by atoms with Crippen molar-refractivity contribution < 1.29 is 4.74 Å². The molecule has 1 rings (SSSR count). The minimum Gasteiger partial charge on any atom is -0.495 e. The molecule has 0 fully saturated rings. The van der Waals surface area contributed by atoms with E-state index < -0.39 is 0 Å². The van der Waals surface area contributed by atoms with E-state index in [2.05, 4.69) is 18.3 Å². The van der Waals surface area contributed by atoms with Crippen LogP contribution in [0.4, 0.5) is 0 Å². The summed E-state index contributed by atoms with van der Waals surface area (Å²) in [5, 5.41) is 12.1. The lowest BCUT2D eigenvalue weighted by Crippen LogP contribution is -2.11. The summed E-state index contributed by atoms with van der Waals surface area (Å²) in [4.78, 5) is 0. The van der Waals surface area contributed by atoms with Gasteiger partial charge in [0.05, 0.1) is 12.7 Å². The van der Waals surface area contributed by atoms with Crippen molar-refractivity contribution in [3.63, 3.8) is 0 Å². The number of hydrogen-bond acceptors (Lipinski definition) is 3. The average molecular weight is 216 g/mol. The summed E-state index contributed by atoms with van der Waals surface area (Å²) >= 11 is 0. The van der Waals surface area contributed by atoms with E-state index in [1.165, 1.54) is 0 Å². The predicted molar refractivity (Wildman–Crippen MR) is 65.3 cm³/mol. The third kappa shape index (κ3) is 3.41. The molecule has 0 saturated heterocycles. The maximum atomic E-state index is 8.92. The maximum absolute atomic E-state index is 8.92. The number of nitrogens with zero attached hydrogens (tertiary/aromatic N) is 1. The van der Waals surface area contributed by atoms with Gasteiger partial charge in [-0.15, -0.1) is 0 Å². The fourth-order valence-electron chi connectivity index (χ4n) is 1.34. The Morgan fingerprint density at radius 3 is 2.94 bits per heavy atom. The fraction of sp³-hybridized carbons (Fsp3) is 0.308. The minimum absolute atomic E-state index is 0.563. The molecule has 1 aromatic carbocycles. The van der Waals surface area contributed by atoms with E-state index in [-0.39, 0.29) is 0 Å². The fourth-order valence-corrected chi connectivity index (χ4v) is 1.34. The Labute approximate surface area is 96.4 Å². The first-order chi connectivity index (χ1) is 7.81. The number of ether oxygens (including phenoxy) is 1. The third-order valence-corrected chi connectivity index (χ3v) is 2.17. The summed E-state index contributed by atoms with van der Waals surface area (Å²) in [5.74, 6) is 0.617. The highest BCUT2D eigenvalue weighted by molar-refractivity contribution is 5.56. The molecule has 0 heterocycles. The zero-order chi connectivity index (χ0) is 11.8. The van der Waals surface area contributed by atoms with E-state index >= 15 is 0 Å². The van der Waals surface area contributed by atoms with Crippen LogP contribution in [-0.4, -0.2) is 20.2 Å². The smallest absolute Gasteiger partial charge is 0.136 e. The van der Waals surface area contributed by atoms with Gasteiger partial charge in [0, 0.05) is 6.54 Å². The van der Waals surface area contributed by atoms with Gasteiger partial charge in [0.1, 0.15) is 11.8 Å². The van der Waals surface area contributed by atoms with Crippen molar-refractivity contribution in [3.05, 3.63) is 35.4 Å². The molecule has 1 N–H and O–H groups in total. The molecular weight excluding hydrogens is 200 g/mol. The van der Waals surface area contributed by atoms with Crippen molar-refractivity contribution in [2.75, 3.05) is 20.2 Å². The molecule has 0 aliphatic rings. The lowest BCUT2D eigenvalue weighted by atomic mass is 10.1. The quantitative estimate of drug-likeness (QED) is 0.767. The van der Waals surface area contributed by atoms with Gasteiger partial charge in [0.15, 0.2) is 0 Å². The van der Waals surface area contributed by atoms with Crippen molar-refractivity contribution >= 4 is 6.08 Å². The van der Waals surface area contributed by atoms with Gasteiger partial charge in [-0.25, -0.2) is 0 Å². The number of nitriles is 1. The first kappa shape index (κ1) is 12.3. The monoisotopic (exact) mass is 216 g/mol. The first-order valence-corrected chi connectivity index (χ1v) is 5.27. The summed E-state index contributed by atoms with van der Waals surface area (Å²) in [6.07, 6.45) is 4.02. The van der Waals surface area contributed by atoms with E-state index in [1.54, 1.807) is 7.11 Å². The highest BCUT2D eigenvalue weighted by Crippen LogP contribution is 2.19. The van der Waals surface area contributed by atoms with E-state index in [1.807, 2.05) is 30.4 Å². The molecule has 0 aliphatic carbocycles. The second-order valence-electron chi connectivity index (χ2n) is 3.28. The van der Waals surface area contributed by atoms with Crippen LogP contribution in [0.3, 0.4) is 0 Å². The Morgan fingerprint density at radius 2 is 2.31 bits per heavy atom. The molecule has 3 nitrogen and oxygen atoms in total. The number of rotatable bonds is 5. The summed E-state index contributed by atoms with van der Waals surface area (Å²) in [7, 11) is 1.57. The maximum Gasteiger partial charge on any atom is 0.136 e. The van der Waals surface area contributed by atoms with E-state index in [4.69, 9.17) is 10.00 Å². The zero-order valence-electron chi connectivity index (χ0n) is 9.66. The molecule has 84 valence electrons. The largest absolute Gasteiger partial charge is 0.495 e. The van der Waals surface area contributed by atoms with Gasteiger partial charge >= 0.3 is 0 Å². The summed E-state index contributed by atoms with van der Waals surface area (Å²) in [6.45, 7) is 3.86. The van der Waals surface area contributed by atoms with Crippen molar-refractivity contribution in [2.45, 2.75) is 6.92 Å². The summed E-state index contributed by atoms with van der Waals surface area (Å²) in [5.41, 5.74) is 1.57. The molecule has 0 amide bonds. The van der Waals surface area contributed by atoms with E-state index in [0.29, 0.717) is 11.3 Å². The number of nitrogens with one attached hydrogen (secondary N) is 1. The predicted octanol–water partition coefficient (Wildman–Crippen LogP) is 2.19. The van der Waals surface area contributed by atoms with Gasteiger partial charge in [-0.2, -0.15) is 5.26 Å². The molecule has 0 bridgehead atoms. The standard InChI is InChI=1S/C13H16N2O/c1-3-15-8-4-5-11-6-7-13(16-2)12(9-11)10-14/h4-7,9,15H,3,8H2,1-2H3. The van der Waals surface area contributed by atoms with Crippen LogP contribution in [0.25, 0.3) is 6.08 Å². The lowest BCUT2D eigenvalue weighted by molar-refractivity contribution is 0.413. The molecule has 3 heteroatoms. The molecule has 0 atom stereocenters. The van der Waals surface area contributed by atoms with Crippen molar-refractivity contribution in [3.8, 4) is 11.8 Å². The molecule has 0 saturated carbocycles. The van der Waals surface area contributed by atoms with Gasteiger partial charge in [-0.1, -0.05) is 25.1 Å². The Bertz CT molecular complexity index is 405. The highest BCUT2D eigenvalue weighted by atomic mass is 16.5. The van der Waals surface area contributed by atoms with Crippen LogP contribution in [-0.2, 0) is 0 Å². The van der Waals surface area contributed by atoms with Crippen LogP contribution in [0.5, 0.6) is 5.75 Å². The molecule has 0 aliphatic heterocycles. The third-order valence-electron chi connectivity index (χ3n) is 2.17. The average Bonchev–Trinajstić information content (AvgIpc) is 2.34. The normalized spacial score (nSPS) is 10.3. The second-order valence-corrected chi connectivity index (χ2v) is 3.28. The van der Waals surface area contributed by atoms with Gasteiger partial charge in [0.2, 0.25) is 0 Å². The van der Waals surface area contributed by atoms with Crippen LogP contribution in [0.2, 0.25) is 0 Å². The number of likely N-dealkylation sites (N-methyl/N-ethyl adjacent to an activating group) is 1.